The summed E-state index contributed by atoms with van der Waals surface area (Å²) < 4.78 is 5.31. The van der Waals surface area contributed by atoms with Crippen LogP contribution < -0.4 is 0 Å². The van der Waals surface area contributed by atoms with E-state index in [9.17, 15) is 14.7 Å². The van der Waals surface area contributed by atoms with E-state index in [4.69, 9.17) is 9.84 Å². The number of hydrogen-bond donors (Lipinski definition) is 2. The van der Waals surface area contributed by atoms with Crippen molar-refractivity contribution in [2.45, 2.75) is 25.0 Å². The number of hydrogen-bond acceptors (Lipinski definition) is 4. The summed E-state index contributed by atoms with van der Waals surface area (Å²) in [5.74, 6) is -0.925. The average molecular weight is 258 g/mol. The second-order valence-electron chi connectivity index (χ2n) is 4.71. The largest absolute Gasteiger partial charge is 0.481 e. The van der Waals surface area contributed by atoms with Crippen molar-refractivity contribution in [3.63, 3.8) is 0 Å². The third-order valence-electron chi connectivity index (χ3n) is 3.25. The summed E-state index contributed by atoms with van der Waals surface area (Å²) in [5.41, 5.74) is 0. The van der Waals surface area contributed by atoms with Crippen LogP contribution in [0.1, 0.15) is 12.8 Å². The van der Waals surface area contributed by atoms with Gasteiger partial charge in [-0.1, -0.05) is 0 Å². The van der Waals surface area contributed by atoms with E-state index in [0.29, 0.717) is 39.2 Å². The topological polar surface area (TPSA) is 90.3 Å². The number of carbonyl (C=O) groups excluding carboxylic acids is 1. The minimum atomic E-state index is -0.925. The Bertz CT molecular complexity index is 335. The molecule has 7 heteroatoms. The summed E-state index contributed by atoms with van der Waals surface area (Å²) in [6, 6.07) is -0.134. The predicted octanol–water partition coefficient (Wildman–Crippen LogP) is -0.651. The summed E-state index contributed by atoms with van der Waals surface area (Å²) in [6.07, 6.45) is -0.362. The van der Waals surface area contributed by atoms with Gasteiger partial charge in [0.05, 0.1) is 25.2 Å². The number of likely N-dealkylation sites (tertiary alicyclic amines) is 1. The highest BCUT2D eigenvalue weighted by Gasteiger charge is 2.32. The molecule has 102 valence electrons. The second-order valence-corrected chi connectivity index (χ2v) is 4.71. The van der Waals surface area contributed by atoms with E-state index in [1.807, 2.05) is 0 Å². The van der Waals surface area contributed by atoms with Crippen LogP contribution >= 0.6 is 0 Å². The minimum absolute atomic E-state index is 0.0909. The SMILES string of the molecule is O=C(O)CC1CN(C(=O)N2CCC(O)C2)CCO1. The molecule has 2 saturated heterocycles. The van der Waals surface area contributed by atoms with Gasteiger partial charge < -0.3 is 24.7 Å². The van der Waals surface area contributed by atoms with E-state index in [2.05, 4.69) is 0 Å². The van der Waals surface area contributed by atoms with Crippen LogP contribution in [0.2, 0.25) is 0 Å². The molecular weight excluding hydrogens is 240 g/mol. The Morgan fingerprint density at radius 3 is 2.56 bits per heavy atom. The number of β-amino-alcohol motifs (C(OH)–C–C–N with tert-alkyl or cyclic N) is 1. The molecule has 0 aromatic rings. The molecule has 7 nitrogen and oxygen atoms in total. The Morgan fingerprint density at radius 1 is 1.22 bits per heavy atom. The molecule has 0 aromatic heterocycles. The fraction of sp³-hybridized carbons (Fsp3) is 0.818. The number of amides is 2. The van der Waals surface area contributed by atoms with E-state index in [1.54, 1.807) is 9.80 Å². The number of aliphatic hydroxyl groups is 1. The molecule has 0 saturated carbocycles. The van der Waals surface area contributed by atoms with Crippen LogP contribution in [0.5, 0.6) is 0 Å². The summed E-state index contributed by atoms with van der Waals surface area (Å²) in [5, 5.41) is 18.1. The number of carbonyl (C=O) groups is 2. The number of morpholine rings is 1. The minimum Gasteiger partial charge on any atom is -0.481 e. The van der Waals surface area contributed by atoms with Crippen molar-refractivity contribution in [2.75, 3.05) is 32.8 Å². The molecule has 2 heterocycles. The zero-order chi connectivity index (χ0) is 13.1. The highest BCUT2D eigenvalue weighted by atomic mass is 16.5. The van der Waals surface area contributed by atoms with Gasteiger partial charge in [0.15, 0.2) is 0 Å². The first-order valence-corrected chi connectivity index (χ1v) is 6.11. The molecule has 0 aromatic carbocycles. The number of carboxylic acids is 1. The van der Waals surface area contributed by atoms with Crippen LogP contribution in [0.15, 0.2) is 0 Å². The van der Waals surface area contributed by atoms with Gasteiger partial charge in [-0.3, -0.25) is 4.79 Å². The lowest BCUT2D eigenvalue weighted by Crippen LogP contribution is -2.51. The average Bonchev–Trinajstić information content (AvgIpc) is 2.74. The van der Waals surface area contributed by atoms with Gasteiger partial charge in [-0.05, 0) is 6.42 Å². The van der Waals surface area contributed by atoms with Crippen molar-refractivity contribution < 1.29 is 24.5 Å². The number of rotatable bonds is 2. The molecular formula is C11H18N2O5. The second kappa shape index (κ2) is 5.53. The Labute approximate surface area is 105 Å². The van der Waals surface area contributed by atoms with Gasteiger partial charge in [0.1, 0.15) is 0 Å². The molecule has 2 fully saturated rings. The van der Waals surface area contributed by atoms with Crippen LogP contribution in [-0.4, -0.2) is 77.0 Å². The van der Waals surface area contributed by atoms with E-state index >= 15 is 0 Å². The third-order valence-corrected chi connectivity index (χ3v) is 3.25. The lowest BCUT2D eigenvalue weighted by molar-refractivity contribution is -0.141. The van der Waals surface area contributed by atoms with E-state index in [-0.39, 0.29) is 12.5 Å². The number of aliphatic hydroxyl groups excluding tert-OH is 1. The molecule has 0 bridgehead atoms. The summed E-state index contributed by atoms with van der Waals surface area (Å²) in [4.78, 5) is 25.9. The normalized spacial score (nSPS) is 28.5. The molecule has 0 aliphatic carbocycles. The molecule has 2 atom stereocenters. The van der Waals surface area contributed by atoms with E-state index in [0.717, 1.165) is 0 Å². The standard InChI is InChI=1S/C11H18N2O5/c14-8-1-2-12(6-8)11(17)13-3-4-18-9(7-13)5-10(15)16/h8-9,14H,1-7H2,(H,15,16). The third kappa shape index (κ3) is 3.11. The maximum absolute atomic E-state index is 12.1. The lowest BCUT2D eigenvalue weighted by atomic mass is 10.2. The molecule has 2 amide bonds. The first-order chi connectivity index (χ1) is 8.56. The fourth-order valence-electron chi connectivity index (χ4n) is 2.33. The van der Waals surface area contributed by atoms with Crippen molar-refractivity contribution in [1.82, 2.24) is 9.80 Å². The van der Waals surface area contributed by atoms with E-state index in [1.165, 1.54) is 0 Å². The molecule has 2 rings (SSSR count). The van der Waals surface area contributed by atoms with Crippen molar-refractivity contribution in [1.29, 1.82) is 0 Å². The zero-order valence-electron chi connectivity index (χ0n) is 10.1. The van der Waals surface area contributed by atoms with Crippen molar-refractivity contribution in [3.8, 4) is 0 Å². The van der Waals surface area contributed by atoms with Crippen LogP contribution in [0.3, 0.4) is 0 Å². The van der Waals surface area contributed by atoms with Crippen LogP contribution in [0, 0.1) is 0 Å². The Morgan fingerprint density at radius 2 is 1.94 bits per heavy atom. The Balaban J connectivity index is 1.88. The van der Waals surface area contributed by atoms with Gasteiger partial charge in [-0.2, -0.15) is 0 Å². The molecule has 2 aliphatic heterocycles. The lowest BCUT2D eigenvalue weighted by Gasteiger charge is -2.34. The van der Waals surface area contributed by atoms with E-state index < -0.39 is 18.2 Å². The Kier molecular flexibility index (Phi) is 4.03. The van der Waals surface area contributed by atoms with Gasteiger partial charge in [0.2, 0.25) is 0 Å². The van der Waals surface area contributed by atoms with Crippen LogP contribution in [-0.2, 0) is 9.53 Å². The monoisotopic (exact) mass is 258 g/mol. The molecule has 2 N–H and O–H groups in total. The maximum Gasteiger partial charge on any atom is 0.320 e. The number of urea groups is 1. The summed E-state index contributed by atoms with van der Waals surface area (Å²) in [7, 11) is 0. The predicted molar refractivity (Wildman–Crippen MR) is 61.2 cm³/mol. The first-order valence-electron chi connectivity index (χ1n) is 6.11. The number of aliphatic carboxylic acids is 1. The molecule has 2 unspecified atom stereocenters. The molecule has 2 aliphatic rings. The molecule has 0 spiro atoms. The smallest absolute Gasteiger partial charge is 0.320 e. The van der Waals surface area contributed by atoms with Gasteiger partial charge >= 0.3 is 12.0 Å². The van der Waals surface area contributed by atoms with Crippen LogP contribution in [0.4, 0.5) is 4.79 Å². The molecule has 0 radical (unpaired) electrons. The zero-order valence-corrected chi connectivity index (χ0v) is 10.1. The first kappa shape index (κ1) is 13.1. The van der Waals surface area contributed by atoms with Gasteiger partial charge in [0.25, 0.3) is 0 Å². The fourth-order valence-corrected chi connectivity index (χ4v) is 2.33. The van der Waals surface area contributed by atoms with Gasteiger partial charge in [-0.15, -0.1) is 0 Å². The molecule has 18 heavy (non-hydrogen) atoms. The van der Waals surface area contributed by atoms with Crippen molar-refractivity contribution >= 4 is 12.0 Å². The highest BCUT2D eigenvalue weighted by Crippen LogP contribution is 2.15. The number of nitrogens with zero attached hydrogens (tertiary/aromatic N) is 2. The van der Waals surface area contributed by atoms with Crippen molar-refractivity contribution in [3.05, 3.63) is 0 Å². The Hall–Kier alpha value is -1.34. The number of ether oxygens (including phenoxy) is 1. The summed E-state index contributed by atoms with van der Waals surface area (Å²) in [6.45, 7) is 2.06. The maximum atomic E-state index is 12.1. The number of carboxylic acid groups (broad SMARTS) is 1. The quantitative estimate of drug-likeness (QED) is 0.687. The highest BCUT2D eigenvalue weighted by molar-refractivity contribution is 5.75. The van der Waals surface area contributed by atoms with Crippen molar-refractivity contribution in [2.24, 2.45) is 0 Å². The van der Waals surface area contributed by atoms with Gasteiger partial charge in [-0.25, -0.2) is 4.79 Å². The van der Waals surface area contributed by atoms with Crippen LogP contribution in [0.25, 0.3) is 0 Å². The van der Waals surface area contributed by atoms with Gasteiger partial charge in [0, 0.05) is 26.2 Å². The summed E-state index contributed by atoms with van der Waals surface area (Å²) >= 11 is 0.